The van der Waals surface area contributed by atoms with Crippen molar-refractivity contribution in [2.45, 2.75) is 38.1 Å². The number of hydrogen-bond donors (Lipinski definition) is 0. The Hall–Kier alpha value is -0.610. The minimum Gasteiger partial charge on any atom is -0.382 e. The van der Waals surface area contributed by atoms with Crippen molar-refractivity contribution in [1.29, 1.82) is 0 Å². The second kappa shape index (κ2) is 6.36. The molecule has 2 fully saturated rings. The third kappa shape index (κ3) is 3.19. The van der Waals surface area contributed by atoms with Crippen LogP contribution in [-0.4, -0.2) is 50.3 Å². The molecule has 0 aromatic carbocycles. The van der Waals surface area contributed by atoms with Gasteiger partial charge in [-0.1, -0.05) is 12.8 Å². The molecule has 1 aliphatic carbocycles. The van der Waals surface area contributed by atoms with Crippen LogP contribution in [0.4, 0.5) is 0 Å². The normalized spacial score (nSPS) is 28.2. The summed E-state index contributed by atoms with van der Waals surface area (Å²) in [6.07, 6.45) is 6.30. The van der Waals surface area contributed by atoms with E-state index < -0.39 is 0 Å². The van der Waals surface area contributed by atoms with Crippen LogP contribution in [0.5, 0.6) is 0 Å². The van der Waals surface area contributed by atoms with Crippen LogP contribution in [-0.2, 0) is 14.3 Å². The monoisotopic (exact) mass is 241 g/mol. The molecule has 0 aromatic heterocycles. The lowest BCUT2D eigenvalue weighted by Gasteiger charge is -2.31. The standard InChI is InChI=1S/C13H23NO3/c1-16-8-9-17-10-13(15)14-7-6-11-4-2-3-5-12(11)14/h11-12H,2-10H2,1H3. The average molecular weight is 241 g/mol. The Morgan fingerprint density at radius 3 is 2.88 bits per heavy atom. The highest BCUT2D eigenvalue weighted by molar-refractivity contribution is 5.78. The van der Waals surface area contributed by atoms with Crippen molar-refractivity contribution in [3.63, 3.8) is 0 Å². The Kier molecular flexibility index (Phi) is 4.80. The molecule has 2 atom stereocenters. The summed E-state index contributed by atoms with van der Waals surface area (Å²) in [6.45, 7) is 2.21. The van der Waals surface area contributed by atoms with Gasteiger partial charge in [-0.2, -0.15) is 0 Å². The molecule has 1 saturated heterocycles. The third-order valence-electron chi connectivity index (χ3n) is 3.99. The third-order valence-corrected chi connectivity index (χ3v) is 3.99. The highest BCUT2D eigenvalue weighted by atomic mass is 16.5. The van der Waals surface area contributed by atoms with Gasteiger partial charge in [0.05, 0.1) is 13.2 Å². The van der Waals surface area contributed by atoms with Gasteiger partial charge in [0.2, 0.25) is 5.91 Å². The van der Waals surface area contributed by atoms with E-state index in [-0.39, 0.29) is 12.5 Å². The molecule has 0 bridgehead atoms. The Morgan fingerprint density at radius 1 is 1.24 bits per heavy atom. The number of fused-ring (bicyclic) bond motifs is 1. The molecule has 0 radical (unpaired) electrons. The second-order valence-electron chi connectivity index (χ2n) is 5.03. The first-order chi connectivity index (χ1) is 8.33. The maximum absolute atomic E-state index is 12.0. The minimum absolute atomic E-state index is 0.163. The van der Waals surface area contributed by atoms with Gasteiger partial charge in [-0.15, -0.1) is 0 Å². The summed E-state index contributed by atoms with van der Waals surface area (Å²) >= 11 is 0. The van der Waals surface area contributed by atoms with Crippen molar-refractivity contribution in [3.05, 3.63) is 0 Å². The zero-order valence-electron chi connectivity index (χ0n) is 10.7. The highest BCUT2D eigenvalue weighted by Crippen LogP contribution is 2.35. The van der Waals surface area contributed by atoms with E-state index >= 15 is 0 Å². The summed E-state index contributed by atoms with van der Waals surface area (Å²) in [4.78, 5) is 14.1. The first kappa shape index (κ1) is 12.8. The van der Waals surface area contributed by atoms with Crippen LogP contribution in [0.2, 0.25) is 0 Å². The van der Waals surface area contributed by atoms with Crippen molar-refractivity contribution >= 4 is 5.91 Å². The fourth-order valence-electron chi connectivity index (χ4n) is 3.10. The van der Waals surface area contributed by atoms with E-state index in [1.807, 2.05) is 0 Å². The van der Waals surface area contributed by atoms with E-state index in [0.29, 0.717) is 19.3 Å². The summed E-state index contributed by atoms with van der Waals surface area (Å²) in [5.74, 6) is 0.919. The van der Waals surface area contributed by atoms with Gasteiger partial charge in [-0.25, -0.2) is 0 Å². The molecule has 2 aliphatic rings. The molecule has 2 unspecified atom stereocenters. The Labute approximate surface area is 103 Å². The number of ether oxygens (including phenoxy) is 2. The van der Waals surface area contributed by atoms with E-state index in [0.717, 1.165) is 12.5 Å². The fourth-order valence-corrected chi connectivity index (χ4v) is 3.10. The number of rotatable bonds is 5. The largest absolute Gasteiger partial charge is 0.382 e. The average Bonchev–Trinajstić information content (AvgIpc) is 2.78. The van der Waals surface area contributed by atoms with Crippen molar-refractivity contribution in [1.82, 2.24) is 4.90 Å². The molecular weight excluding hydrogens is 218 g/mol. The van der Waals surface area contributed by atoms with E-state index in [9.17, 15) is 4.79 Å². The fraction of sp³-hybridized carbons (Fsp3) is 0.923. The topological polar surface area (TPSA) is 38.8 Å². The van der Waals surface area contributed by atoms with Crippen LogP contribution in [0.25, 0.3) is 0 Å². The van der Waals surface area contributed by atoms with Crippen LogP contribution in [0.1, 0.15) is 32.1 Å². The number of nitrogens with zero attached hydrogens (tertiary/aromatic N) is 1. The predicted molar refractivity (Wildman–Crippen MR) is 64.8 cm³/mol. The smallest absolute Gasteiger partial charge is 0.248 e. The van der Waals surface area contributed by atoms with Gasteiger partial charge in [-0.05, 0) is 25.2 Å². The lowest BCUT2D eigenvalue weighted by atomic mass is 9.85. The molecule has 1 saturated carbocycles. The maximum Gasteiger partial charge on any atom is 0.248 e. The summed E-state index contributed by atoms with van der Waals surface area (Å²) in [7, 11) is 1.64. The van der Waals surface area contributed by atoms with Crippen LogP contribution >= 0.6 is 0 Å². The minimum atomic E-state index is 0.163. The summed E-state index contributed by atoms with van der Waals surface area (Å²) in [5.41, 5.74) is 0. The predicted octanol–water partition coefficient (Wildman–Crippen LogP) is 1.44. The summed E-state index contributed by atoms with van der Waals surface area (Å²) in [6, 6.07) is 0.502. The molecular formula is C13H23NO3. The zero-order chi connectivity index (χ0) is 12.1. The van der Waals surface area contributed by atoms with Gasteiger partial charge in [0.25, 0.3) is 0 Å². The molecule has 0 spiro atoms. The Morgan fingerprint density at radius 2 is 2.06 bits per heavy atom. The zero-order valence-corrected chi connectivity index (χ0v) is 10.7. The molecule has 4 nitrogen and oxygen atoms in total. The number of amides is 1. The van der Waals surface area contributed by atoms with Gasteiger partial charge < -0.3 is 14.4 Å². The quantitative estimate of drug-likeness (QED) is 0.684. The van der Waals surface area contributed by atoms with Crippen molar-refractivity contribution in [3.8, 4) is 0 Å². The molecule has 98 valence electrons. The first-order valence-corrected chi connectivity index (χ1v) is 6.69. The number of carbonyl (C=O) groups excluding carboxylic acids is 1. The molecule has 1 amide bonds. The number of hydrogen-bond acceptors (Lipinski definition) is 3. The van der Waals surface area contributed by atoms with Crippen molar-refractivity contribution < 1.29 is 14.3 Å². The lowest BCUT2D eigenvalue weighted by Crippen LogP contribution is -2.41. The molecule has 4 heteroatoms. The SMILES string of the molecule is COCCOCC(=O)N1CCC2CCCCC21. The molecule has 17 heavy (non-hydrogen) atoms. The van der Waals surface area contributed by atoms with Crippen LogP contribution in [0.15, 0.2) is 0 Å². The highest BCUT2D eigenvalue weighted by Gasteiger charge is 2.37. The number of methoxy groups -OCH3 is 1. The Bertz CT molecular complexity index is 257. The van der Waals surface area contributed by atoms with Crippen LogP contribution < -0.4 is 0 Å². The molecule has 0 aromatic rings. The first-order valence-electron chi connectivity index (χ1n) is 6.69. The van der Waals surface area contributed by atoms with Gasteiger partial charge in [0.1, 0.15) is 6.61 Å². The van der Waals surface area contributed by atoms with Gasteiger partial charge in [0, 0.05) is 19.7 Å². The molecule has 1 heterocycles. The van der Waals surface area contributed by atoms with E-state index in [1.165, 1.54) is 32.1 Å². The van der Waals surface area contributed by atoms with Crippen molar-refractivity contribution in [2.75, 3.05) is 33.5 Å². The molecule has 2 rings (SSSR count). The van der Waals surface area contributed by atoms with E-state index in [1.54, 1.807) is 7.11 Å². The molecule has 0 N–H and O–H groups in total. The van der Waals surface area contributed by atoms with Crippen LogP contribution in [0.3, 0.4) is 0 Å². The van der Waals surface area contributed by atoms with Crippen molar-refractivity contribution in [2.24, 2.45) is 5.92 Å². The van der Waals surface area contributed by atoms with Gasteiger partial charge in [-0.3, -0.25) is 4.79 Å². The molecule has 1 aliphatic heterocycles. The van der Waals surface area contributed by atoms with E-state index in [4.69, 9.17) is 9.47 Å². The number of carbonyl (C=O) groups is 1. The summed E-state index contributed by atoms with van der Waals surface area (Å²) < 4.78 is 10.2. The Balaban J connectivity index is 1.75. The maximum atomic E-state index is 12.0. The summed E-state index contributed by atoms with van der Waals surface area (Å²) in [5, 5.41) is 0. The van der Waals surface area contributed by atoms with Crippen LogP contribution in [0, 0.1) is 5.92 Å². The van der Waals surface area contributed by atoms with E-state index in [2.05, 4.69) is 4.90 Å². The van der Waals surface area contributed by atoms with Gasteiger partial charge in [0.15, 0.2) is 0 Å². The van der Waals surface area contributed by atoms with Gasteiger partial charge >= 0.3 is 0 Å². The lowest BCUT2D eigenvalue weighted by molar-refractivity contribution is -0.138. The number of likely N-dealkylation sites (tertiary alicyclic amines) is 1. The second-order valence-corrected chi connectivity index (χ2v) is 5.03.